The lowest BCUT2D eigenvalue weighted by atomic mass is 9.98. The molecule has 1 spiro atoms. The number of urea groups is 1. The van der Waals surface area contributed by atoms with Gasteiger partial charge in [0.15, 0.2) is 0 Å². The molecule has 4 rings (SSSR count). The van der Waals surface area contributed by atoms with E-state index in [2.05, 4.69) is 17.3 Å². The Morgan fingerprint density at radius 1 is 1.08 bits per heavy atom. The van der Waals surface area contributed by atoms with Crippen LogP contribution in [0.3, 0.4) is 0 Å². The van der Waals surface area contributed by atoms with E-state index in [0.29, 0.717) is 18.9 Å². The van der Waals surface area contributed by atoms with Gasteiger partial charge in [0.05, 0.1) is 0 Å². The van der Waals surface area contributed by atoms with E-state index in [4.69, 9.17) is 0 Å². The van der Waals surface area contributed by atoms with E-state index in [9.17, 15) is 14.4 Å². The molecule has 4 amide bonds. The first-order chi connectivity index (χ1) is 12.0. The van der Waals surface area contributed by atoms with Gasteiger partial charge in [-0.1, -0.05) is 12.8 Å². The summed E-state index contributed by atoms with van der Waals surface area (Å²) in [5.41, 5.74) is -0.729. The van der Waals surface area contributed by atoms with E-state index in [0.717, 1.165) is 50.1 Å². The summed E-state index contributed by atoms with van der Waals surface area (Å²) in [4.78, 5) is 43.4. The molecule has 1 saturated carbocycles. The maximum Gasteiger partial charge on any atom is 0.325 e. The number of likely N-dealkylation sites (N-methyl/N-ethyl adjacent to an activating group) is 1. The van der Waals surface area contributed by atoms with Gasteiger partial charge < -0.3 is 15.1 Å². The van der Waals surface area contributed by atoms with Gasteiger partial charge >= 0.3 is 6.03 Å². The second-order valence-electron chi connectivity index (χ2n) is 8.10. The monoisotopic (exact) mass is 348 g/mol. The number of nitrogens with zero attached hydrogens (tertiary/aromatic N) is 3. The largest absolute Gasteiger partial charge is 0.337 e. The Balaban J connectivity index is 1.44. The minimum absolute atomic E-state index is 0.0821. The second-order valence-corrected chi connectivity index (χ2v) is 8.10. The highest BCUT2D eigenvalue weighted by molar-refractivity contribution is 6.09. The molecule has 0 bridgehead atoms. The number of carbonyl (C=O) groups is 3. The molecule has 3 aliphatic heterocycles. The van der Waals surface area contributed by atoms with E-state index in [1.165, 1.54) is 6.42 Å². The van der Waals surface area contributed by atoms with E-state index in [1.54, 1.807) is 0 Å². The number of imide groups is 1. The minimum Gasteiger partial charge on any atom is -0.337 e. The van der Waals surface area contributed by atoms with Crippen LogP contribution < -0.4 is 5.32 Å². The average Bonchev–Trinajstić information content (AvgIpc) is 3.33. The van der Waals surface area contributed by atoms with Crippen LogP contribution >= 0.6 is 0 Å². The Labute approximate surface area is 148 Å². The van der Waals surface area contributed by atoms with Crippen LogP contribution in [0.2, 0.25) is 0 Å². The first-order valence-electron chi connectivity index (χ1n) is 9.66. The fourth-order valence-corrected chi connectivity index (χ4v) is 5.29. The molecule has 3 heterocycles. The van der Waals surface area contributed by atoms with Crippen LogP contribution in [0.4, 0.5) is 4.79 Å². The SMILES string of the molecule is CN1CCC[C@@H]1[C@H]1CCCN1C(=O)CN1C(=O)NC2(CCCC2)C1=O. The number of rotatable bonds is 3. The Morgan fingerprint density at radius 2 is 1.76 bits per heavy atom. The van der Waals surface area contributed by atoms with E-state index < -0.39 is 11.6 Å². The summed E-state index contributed by atoms with van der Waals surface area (Å²) < 4.78 is 0. The number of hydrogen-bond acceptors (Lipinski definition) is 4. The molecule has 25 heavy (non-hydrogen) atoms. The lowest BCUT2D eigenvalue weighted by Gasteiger charge is -2.33. The molecule has 0 unspecified atom stereocenters. The Bertz CT molecular complexity index is 587. The van der Waals surface area contributed by atoms with Gasteiger partial charge in [0.25, 0.3) is 5.91 Å². The zero-order valence-electron chi connectivity index (χ0n) is 15.0. The quantitative estimate of drug-likeness (QED) is 0.771. The van der Waals surface area contributed by atoms with Gasteiger partial charge in [-0.15, -0.1) is 0 Å². The van der Waals surface area contributed by atoms with Crippen molar-refractivity contribution in [2.45, 2.75) is 69.0 Å². The van der Waals surface area contributed by atoms with Crippen LogP contribution in [0.1, 0.15) is 51.4 Å². The lowest BCUT2D eigenvalue weighted by Crippen LogP contribution is -2.51. The number of likely N-dealkylation sites (tertiary alicyclic amines) is 2. The molecule has 1 N–H and O–H groups in total. The van der Waals surface area contributed by atoms with Crippen LogP contribution in [-0.2, 0) is 9.59 Å². The standard InChI is InChI=1S/C18H28N4O3/c1-20-10-4-6-13(20)14-7-5-11-21(14)15(23)12-22-16(24)18(19-17(22)25)8-2-3-9-18/h13-14H,2-12H2,1H3,(H,19,25)/t13-,14-/m1/s1. The third-order valence-electron chi connectivity index (χ3n) is 6.64. The van der Waals surface area contributed by atoms with Crippen LogP contribution in [0, 0.1) is 0 Å². The number of amides is 4. The molecule has 0 aromatic rings. The molecule has 0 radical (unpaired) electrons. The molecule has 4 aliphatic rings. The van der Waals surface area contributed by atoms with Crippen molar-refractivity contribution >= 4 is 17.8 Å². The molecule has 138 valence electrons. The molecule has 3 saturated heterocycles. The smallest absolute Gasteiger partial charge is 0.325 e. The van der Waals surface area contributed by atoms with Crippen molar-refractivity contribution < 1.29 is 14.4 Å². The summed E-state index contributed by atoms with van der Waals surface area (Å²) in [6.07, 6.45) is 7.62. The third-order valence-corrected chi connectivity index (χ3v) is 6.64. The van der Waals surface area contributed by atoms with Gasteiger partial charge in [0.2, 0.25) is 5.91 Å². The van der Waals surface area contributed by atoms with E-state index >= 15 is 0 Å². The Morgan fingerprint density at radius 3 is 2.44 bits per heavy atom. The van der Waals surface area contributed by atoms with Crippen LogP contribution in [-0.4, -0.2) is 76.8 Å². The molecular weight excluding hydrogens is 320 g/mol. The molecule has 0 aromatic carbocycles. The first kappa shape index (κ1) is 16.8. The fourth-order valence-electron chi connectivity index (χ4n) is 5.29. The maximum absolute atomic E-state index is 12.9. The van der Waals surface area contributed by atoms with Crippen LogP contribution in [0.25, 0.3) is 0 Å². The number of hydrogen-bond donors (Lipinski definition) is 1. The highest BCUT2D eigenvalue weighted by atomic mass is 16.2. The summed E-state index contributed by atoms with van der Waals surface area (Å²) in [5.74, 6) is -0.279. The van der Waals surface area contributed by atoms with Gasteiger partial charge in [-0.3, -0.25) is 14.5 Å². The van der Waals surface area contributed by atoms with Crippen molar-refractivity contribution in [1.29, 1.82) is 0 Å². The summed E-state index contributed by atoms with van der Waals surface area (Å²) >= 11 is 0. The molecule has 7 heteroatoms. The first-order valence-corrected chi connectivity index (χ1v) is 9.66. The minimum atomic E-state index is -0.729. The summed E-state index contributed by atoms with van der Waals surface area (Å²) in [6, 6.07) is 0.242. The maximum atomic E-state index is 12.9. The topological polar surface area (TPSA) is 73.0 Å². The second kappa shape index (κ2) is 6.27. The van der Waals surface area contributed by atoms with Crippen molar-refractivity contribution in [1.82, 2.24) is 20.0 Å². The Kier molecular flexibility index (Phi) is 4.22. The highest BCUT2D eigenvalue weighted by Crippen LogP contribution is 2.35. The van der Waals surface area contributed by atoms with Crippen molar-refractivity contribution in [2.24, 2.45) is 0 Å². The summed E-state index contributed by atoms with van der Waals surface area (Å²) in [6.45, 7) is 1.71. The molecular formula is C18H28N4O3. The normalized spacial score (nSPS) is 32.2. The fraction of sp³-hybridized carbons (Fsp3) is 0.833. The van der Waals surface area contributed by atoms with Crippen LogP contribution in [0.5, 0.6) is 0 Å². The molecule has 4 fully saturated rings. The van der Waals surface area contributed by atoms with Gasteiger partial charge in [-0.2, -0.15) is 0 Å². The number of nitrogens with one attached hydrogen (secondary N) is 1. The zero-order chi connectivity index (χ0) is 17.6. The van der Waals surface area contributed by atoms with Crippen molar-refractivity contribution in [3.8, 4) is 0 Å². The van der Waals surface area contributed by atoms with Gasteiger partial charge in [-0.25, -0.2) is 4.79 Å². The Hall–Kier alpha value is -1.63. The van der Waals surface area contributed by atoms with Crippen molar-refractivity contribution in [3.63, 3.8) is 0 Å². The summed E-state index contributed by atoms with van der Waals surface area (Å²) in [5, 5.41) is 2.86. The average molecular weight is 348 g/mol. The third kappa shape index (κ3) is 2.72. The lowest BCUT2D eigenvalue weighted by molar-refractivity contribution is -0.140. The zero-order valence-corrected chi connectivity index (χ0v) is 15.0. The predicted molar refractivity (Wildman–Crippen MR) is 91.8 cm³/mol. The van der Waals surface area contributed by atoms with Gasteiger partial charge in [0.1, 0.15) is 12.1 Å². The summed E-state index contributed by atoms with van der Waals surface area (Å²) in [7, 11) is 2.12. The molecule has 2 atom stereocenters. The van der Waals surface area contributed by atoms with Gasteiger partial charge in [-0.05, 0) is 52.1 Å². The van der Waals surface area contributed by atoms with Gasteiger partial charge in [0, 0.05) is 18.6 Å². The molecule has 0 aromatic heterocycles. The highest BCUT2D eigenvalue weighted by Gasteiger charge is 2.53. The van der Waals surface area contributed by atoms with E-state index in [1.807, 2.05) is 4.90 Å². The number of carbonyl (C=O) groups excluding carboxylic acids is 3. The molecule has 7 nitrogen and oxygen atoms in total. The predicted octanol–water partition coefficient (Wildman–Crippen LogP) is 0.936. The molecule has 1 aliphatic carbocycles. The van der Waals surface area contributed by atoms with Crippen molar-refractivity contribution in [3.05, 3.63) is 0 Å². The van der Waals surface area contributed by atoms with E-state index in [-0.39, 0.29) is 24.4 Å². The van der Waals surface area contributed by atoms with Crippen LogP contribution in [0.15, 0.2) is 0 Å². The van der Waals surface area contributed by atoms with Crippen molar-refractivity contribution in [2.75, 3.05) is 26.7 Å².